The van der Waals surface area contributed by atoms with Gasteiger partial charge in [-0.3, -0.25) is 4.79 Å². The van der Waals surface area contributed by atoms with Crippen LogP contribution in [0.2, 0.25) is 0 Å². The standard InChI is InChI=1S/C14H15F5O4S/c1-8(20)24-7-6-11(21)12(22)9-2-4-10(5-3-9)23-14(18,19)13(15,16)17/h2-5,11-12,21-22H,6-7H2,1H3. The first-order valence-corrected chi connectivity index (χ1v) is 7.65. The molecule has 0 spiro atoms. The van der Waals surface area contributed by atoms with E-state index in [4.69, 9.17) is 0 Å². The minimum Gasteiger partial charge on any atom is -0.426 e. The third-order valence-corrected chi connectivity index (χ3v) is 3.73. The maximum Gasteiger partial charge on any atom is 0.499 e. The molecule has 0 saturated heterocycles. The molecule has 0 bridgehead atoms. The summed E-state index contributed by atoms with van der Waals surface area (Å²) < 4.78 is 65.2. The zero-order valence-corrected chi connectivity index (χ0v) is 13.2. The Labute approximate surface area is 138 Å². The van der Waals surface area contributed by atoms with Crippen molar-refractivity contribution in [2.75, 3.05) is 5.75 Å². The highest BCUT2D eigenvalue weighted by molar-refractivity contribution is 8.13. The van der Waals surface area contributed by atoms with Gasteiger partial charge in [0.15, 0.2) is 5.12 Å². The number of rotatable bonds is 7. The average Bonchev–Trinajstić information content (AvgIpc) is 2.45. The SMILES string of the molecule is CC(=O)SCCC(O)C(O)c1ccc(OC(F)(F)C(F)(F)F)cc1. The summed E-state index contributed by atoms with van der Waals surface area (Å²) in [6, 6.07) is 3.78. The summed E-state index contributed by atoms with van der Waals surface area (Å²) in [6.45, 7) is 1.35. The molecule has 2 atom stereocenters. The summed E-state index contributed by atoms with van der Waals surface area (Å²) in [5.41, 5.74) is 0.109. The molecule has 0 radical (unpaired) electrons. The Hall–Kier alpha value is -1.39. The molecule has 136 valence electrons. The van der Waals surface area contributed by atoms with Crippen molar-refractivity contribution in [3.63, 3.8) is 0 Å². The van der Waals surface area contributed by atoms with Gasteiger partial charge in [0.25, 0.3) is 0 Å². The fourth-order valence-electron chi connectivity index (χ4n) is 1.64. The van der Waals surface area contributed by atoms with E-state index in [2.05, 4.69) is 4.74 Å². The Bertz CT molecular complexity index is 547. The molecule has 1 aromatic rings. The van der Waals surface area contributed by atoms with E-state index in [9.17, 15) is 37.0 Å². The second-order valence-electron chi connectivity index (χ2n) is 4.83. The Morgan fingerprint density at radius 3 is 2.17 bits per heavy atom. The molecule has 0 aliphatic rings. The Morgan fingerprint density at radius 1 is 1.17 bits per heavy atom. The molecule has 0 amide bonds. The lowest BCUT2D eigenvalue weighted by Crippen LogP contribution is -2.41. The molecule has 0 heterocycles. The molecule has 0 aliphatic carbocycles. The first-order chi connectivity index (χ1) is 10.9. The molecule has 2 N–H and O–H groups in total. The number of ether oxygens (including phenoxy) is 1. The monoisotopic (exact) mass is 374 g/mol. The van der Waals surface area contributed by atoms with Gasteiger partial charge < -0.3 is 14.9 Å². The summed E-state index contributed by atoms with van der Waals surface area (Å²) in [5.74, 6) is -0.470. The van der Waals surface area contributed by atoms with Crippen molar-refractivity contribution in [3.8, 4) is 5.75 Å². The number of alkyl halides is 5. The van der Waals surface area contributed by atoms with Gasteiger partial charge in [0.05, 0.1) is 6.10 Å². The van der Waals surface area contributed by atoms with Crippen molar-refractivity contribution >= 4 is 16.9 Å². The number of thioether (sulfide) groups is 1. The summed E-state index contributed by atoms with van der Waals surface area (Å²) in [6.07, 6.45) is -13.7. The number of hydrogen-bond donors (Lipinski definition) is 2. The van der Waals surface area contributed by atoms with Gasteiger partial charge in [-0.05, 0) is 24.1 Å². The number of carbonyl (C=O) groups is 1. The highest BCUT2D eigenvalue weighted by Gasteiger charge is 2.61. The number of benzene rings is 1. The van der Waals surface area contributed by atoms with E-state index in [0.29, 0.717) is 0 Å². The lowest BCUT2D eigenvalue weighted by atomic mass is 10.0. The number of aliphatic hydroxyl groups is 2. The van der Waals surface area contributed by atoms with Crippen LogP contribution in [0.4, 0.5) is 22.0 Å². The van der Waals surface area contributed by atoms with E-state index in [-0.39, 0.29) is 22.9 Å². The summed E-state index contributed by atoms with van der Waals surface area (Å²) >= 11 is 0.963. The van der Waals surface area contributed by atoms with Gasteiger partial charge in [0.2, 0.25) is 0 Å². The third kappa shape index (κ3) is 5.91. The quantitative estimate of drug-likeness (QED) is 0.717. The Kier molecular flexibility index (Phi) is 6.99. The fourth-order valence-corrected chi connectivity index (χ4v) is 2.29. The van der Waals surface area contributed by atoms with E-state index >= 15 is 0 Å². The normalized spacial score (nSPS) is 15.0. The highest BCUT2D eigenvalue weighted by atomic mass is 32.2. The molecule has 4 nitrogen and oxygen atoms in total. The van der Waals surface area contributed by atoms with Crippen LogP contribution in [-0.4, -0.2) is 39.5 Å². The van der Waals surface area contributed by atoms with Crippen LogP contribution in [0, 0.1) is 0 Å². The van der Waals surface area contributed by atoms with Crippen molar-refractivity contribution in [2.45, 2.75) is 37.8 Å². The topological polar surface area (TPSA) is 66.8 Å². The lowest BCUT2D eigenvalue weighted by molar-refractivity contribution is -0.360. The van der Waals surface area contributed by atoms with Gasteiger partial charge in [-0.1, -0.05) is 23.9 Å². The fraction of sp³-hybridized carbons (Fsp3) is 0.500. The van der Waals surface area contributed by atoms with Crippen molar-refractivity contribution in [1.82, 2.24) is 0 Å². The van der Waals surface area contributed by atoms with Crippen molar-refractivity contribution in [1.29, 1.82) is 0 Å². The zero-order valence-electron chi connectivity index (χ0n) is 12.4. The lowest BCUT2D eigenvalue weighted by Gasteiger charge is -2.21. The molecule has 10 heteroatoms. The highest BCUT2D eigenvalue weighted by Crippen LogP contribution is 2.37. The Morgan fingerprint density at radius 2 is 1.71 bits per heavy atom. The van der Waals surface area contributed by atoms with Gasteiger partial charge >= 0.3 is 12.3 Å². The van der Waals surface area contributed by atoms with Crippen LogP contribution >= 0.6 is 11.8 Å². The number of hydrogen-bond acceptors (Lipinski definition) is 5. The summed E-state index contributed by atoms with van der Waals surface area (Å²) in [7, 11) is 0. The van der Waals surface area contributed by atoms with E-state index < -0.39 is 30.2 Å². The predicted octanol–water partition coefficient (Wildman–Crippen LogP) is 3.28. The van der Waals surface area contributed by atoms with Gasteiger partial charge in [-0.2, -0.15) is 22.0 Å². The van der Waals surface area contributed by atoms with Crippen LogP contribution < -0.4 is 4.74 Å². The van der Waals surface area contributed by atoms with Crippen LogP contribution in [0.25, 0.3) is 0 Å². The van der Waals surface area contributed by atoms with Crippen LogP contribution in [0.1, 0.15) is 25.0 Å². The smallest absolute Gasteiger partial charge is 0.426 e. The molecule has 0 fully saturated rings. The third-order valence-electron chi connectivity index (χ3n) is 2.88. The van der Waals surface area contributed by atoms with Crippen molar-refractivity contribution in [2.24, 2.45) is 0 Å². The summed E-state index contributed by atoms with van der Waals surface area (Å²) in [4.78, 5) is 10.8. The molecule has 1 aromatic carbocycles. The first-order valence-electron chi connectivity index (χ1n) is 6.67. The molecular formula is C14H15F5O4S. The molecule has 0 aromatic heterocycles. The maximum absolute atomic E-state index is 12.7. The first kappa shape index (κ1) is 20.7. The zero-order chi connectivity index (χ0) is 18.5. The summed E-state index contributed by atoms with van der Waals surface area (Å²) in [5, 5.41) is 19.5. The van der Waals surface area contributed by atoms with Gasteiger partial charge in [0.1, 0.15) is 11.9 Å². The van der Waals surface area contributed by atoms with Gasteiger partial charge in [-0.15, -0.1) is 0 Å². The largest absolute Gasteiger partial charge is 0.499 e. The minimum absolute atomic E-state index is 0.0931. The number of aliphatic hydroxyl groups excluding tert-OH is 2. The second kappa shape index (κ2) is 8.13. The maximum atomic E-state index is 12.7. The molecule has 24 heavy (non-hydrogen) atoms. The van der Waals surface area contributed by atoms with Crippen LogP contribution in [-0.2, 0) is 4.79 Å². The Balaban J connectivity index is 2.68. The second-order valence-corrected chi connectivity index (χ2v) is 6.10. The predicted molar refractivity (Wildman–Crippen MR) is 76.8 cm³/mol. The van der Waals surface area contributed by atoms with Crippen molar-refractivity contribution in [3.05, 3.63) is 29.8 Å². The molecular weight excluding hydrogens is 359 g/mol. The molecule has 0 saturated carbocycles. The van der Waals surface area contributed by atoms with Crippen LogP contribution in [0.15, 0.2) is 24.3 Å². The van der Waals surface area contributed by atoms with E-state index in [0.717, 1.165) is 36.0 Å². The molecule has 2 unspecified atom stereocenters. The van der Waals surface area contributed by atoms with E-state index in [1.807, 2.05) is 0 Å². The molecule has 1 rings (SSSR count). The number of halogens is 5. The minimum atomic E-state index is -5.85. The van der Waals surface area contributed by atoms with E-state index in [1.165, 1.54) is 6.92 Å². The van der Waals surface area contributed by atoms with Crippen LogP contribution in [0.3, 0.4) is 0 Å². The van der Waals surface area contributed by atoms with Gasteiger partial charge in [-0.25, -0.2) is 0 Å². The van der Waals surface area contributed by atoms with Gasteiger partial charge in [0, 0.05) is 12.7 Å². The van der Waals surface area contributed by atoms with Crippen molar-refractivity contribution < 1.29 is 41.7 Å². The van der Waals surface area contributed by atoms with Crippen LogP contribution in [0.5, 0.6) is 5.75 Å². The average molecular weight is 374 g/mol. The van der Waals surface area contributed by atoms with E-state index in [1.54, 1.807) is 0 Å². The number of carbonyl (C=O) groups excluding carboxylic acids is 1. The molecule has 0 aliphatic heterocycles.